The monoisotopic (exact) mass is 428 g/mol. The van der Waals surface area contributed by atoms with Crippen molar-refractivity contribution >= 4 is 5.97 Å². The number of esters is 1. The third kappa shape index (κ3) is 4.43. The Kier molecular flexibility index (Phi) is 6.26. The van der Waals surface area contributed by atoms with Crippen LogP contribution in [-0.4, -0.2) is 34.0 Å². The maximum Gasteiger partial charge on any atom is 0.338 e. The Morgan fingerprint density at radius 2 is 2.00 bits per heavy atom. The van der Waals surface area contributed by atoms with Crippen molar-refractivity contribution < 1.29 is 19.7 Å². The van der Waals surface area contributed by atoms with Gasteiger partial charge in [-0.25, -0.2) is 4.79 Å². The molecule has 4 heteroatoms. The predicted molar refractivity (Wildman–Crippen MR) is 122 cm³/mol. The molecule has 31 heavy (non-hydrogen) atoms. The Hall–Kier alpha value is -1.39. The topological polar surface area (TPSA) is 66.8 Å². The van der Waals surface area contributed by atoms with E-state index in [2.05, 4.69) is 32.6 Å². The number of carbonyl (C=O) groups excluding carboxylic acids is 1. The van der Waals surface area contributed by atoms with Crippen LogP contribution in [0.5, 0.6) is 0 Å². The van der Waals surface area contributed by atoms with Crippen LogP contribution in [0.4, 0.5) is 0 Å². The molecular formula is C27H40O4. The molecule has 0 amide bonds. The highest BCUT2D eigenvalue weighted by Gasteiger charge is 2.52. The lowest BCUT2D eigenvalue weighted by atomic mass is 9.60. The first kappa shape index (κ1) is 22.8. The molecule has 2 unspecified atom stereocenters. The molecule has 4 aliphatic rings. The number of hydrogen-bond acceptors (Lipinski definition) is 4. The molecule has 0 spiro atoms. The molecule has 172 valence electrons. The second-order valence-corrected chi connectivity index (χ2v) is 11.2. The van der Waals surface area contributed by atoms with Crippen molar-refractivity contribution in [1.82, 2.24) is 0 Å². The summed E-state index contributed by atoms with van der Waals surface area (Å²) in [6, 6.07) is 0. The van der Waals surface area contributed by atoms with E-state index in [9.17, 15) is 15.0 Å². The van der Waals surface area contributed by atoms with Gasteiger partial charge in [0.25, 0.3) is 0 Å². The van der Waals surface area contributed by atoms with Crippen molar-refractivity contribution in [3.63, 3.8) is 0 Å². The smallest absolute Gasteiger partial charge is 0.338 e. The normalized spacial score (nSPS) is 44.5. The Morgan fingerprint density at radius 3 is 2.71 bits per heavy atom. The van der Waals surface area contributed by atoms with Crippen LogP contribution >= 0.6 is 0 Å². The molecule has 0 bridgehead atoms. The molecule has 3 aliphatic carbocycles. The molecular weight excluding hydrogens is 388 g/mol. The van der Waals surface area contributed by atoms with Crippen LogP contribution in [0.25, 0.3) is 0 Å². The van der Waals surface area contributed by atoms with Gasteiger partial charge in [0.1, 0.15) is 6.10 Å². The van der Waals surface area contributed by atoms with E-state index in [-0.39, 0.29) is 17.6 Å². The van der Waals surface area contributed by atoms with Crippen LogP contribution in [0.15, 0.2) is 35.5 Å². The molecule has 7 atom stereocenters. The van der Waals surface area contributed by atoms with Crippen molar-refractivity contribution in [2.45, 2.75) is 103 Å². The first-order valence-corrected chi connectivity index (χ1v) is 12.3. The van der Waals surface area contributed by atoms with E-state index in [0.717, 1.165) is 25.7 Å². The summed E-state index contributed by atoms with van der Waals surface area (Å²) in [5, 5.41) is 20.2. The van der Waals surface area contributed by atoms with Gasteiger partial charge in [-0.2, -0.15) is 0 Å². The Bertz CT molecular complexity index is 791. The molecule has 0 radical (unpaired) electrons. The largest absolute Gasteiger partial charge is 0.460 e. The van der Waals surface area contributed by atoms with E-state index in [1.54, 1.807) is 12.5 Å². The van der Waals surface area contributed by atoms with Crippen LogP contribution in [0.2, 0.25) is 0 Å². The van der Waals surface area contributed by atoms with Crippen molar-refractivity contribution in [2.75, 3.05) is 0 Å². The van der Waals surface area contributed by atoms with Gasteiger partial charge in [0.15, 0.2) is 5.60 Å². The molecule has 0 aromatic rings. The molecule has 4 rings (SSSR count). The van der Waals surface area contributed by atoms with Crippen molar-refractivity contribution in [1.29, 1.82) is 0 Å². The van der Waals surface area contributed by atoms with Gasteiger partial charge in [-0.1, -0.05) is 43.7 Å². The number of aliphatic hydroxyl groups is 2. The molecule has 0 aromatic carbocycles. The van der Waals surface area contributed by atoms with Crippen molar-refractivity contribution in [3.8, 4) is 0 Å². The van der Waals surface area contributed by atoms with Crippen molar-refractivity contribution in [2.24, 2.45) is 23.2 Å². The number of fused-ring (bicyclic) bond motifs is 1. The summed E-state index contributed by atoms with van der Waals surface area (Å²) in [4.78, 5) is 11.9. The minimum atomic E-state index is -1.32. The summed E-state index contributed by atoms with van der Waals surface area (Å²) in [6.07, 6.45) is 14.0. The third-order valence-corrected chi connectivity index (χ3v) is 8.89. The molecule has 3 saturated carbocycles. The fraction of sp³-hybridized carbons (Fsp3) is 0.741. The lowest BCUT2D eigenvalue weighted by molar-refractivity contribution is -0.154. The Labute approximate surface area is 187 Å². The van der Waals surface area contributed by atoms with Crippen LogP contribution in [0.3, 0.4) is 0 Å². The van der Waals surface area contributed by atoms with Gasteiger partial charge in [-0.15, -0.1) is 0 Å². The van der Waals surface area contributed by atoms with Gasteiger partial charge < -0.3 is 14.9 Å². The van der Waals surface area contributed by atoms with E-state index in [1.165, 1.54) is 43.3 Å². The van der Waals surface area contributed by atoms with Gasteiger partial charge >= 0.3 is 5.97 Å². The zero-order valence-corrected chi connectivity index (χ0v) is 19.5. The van der Waals surface area contributed by atoms with Crippen LogP contribution in [-0.2, 0) is 9.53 Å². The molecule has 1 aliphatic heterocycles. The molecule has 1 heterocycles. The summed E-state index contributed by atoms with van der Waals surface area (Å²) in [5.74, 6) is 1.23. The third-order valence-electron chi connectivity index (χ3n) is 8.89. The first-order valence-electron chi connectivity index (χ1n) is 12.3. The van der Waals surface area contributed by atoms with E-state index in [1.807, 2.05) is 0 Å². The van der Waals surface area contributed by atoms with E-state index in [0.29, 0.717) is 24.2 Å². The van der Waals surface area contributed by atoms with Gasteiger partial charge in [0, 0.05) is 6.42 Å². The number of allylic oxidation sites excluding steroid dienone is 4. The molecule has 1 saturated heterocycles. The minimum Gasteiger partial charge on any atom is -0.460 e. The highest BCUT2D eigenvalue weighted by molar-refractivity contribution is 5.80. The van der Waals surface area contributed by atoms with Gasteiger partial charge in [-0.3, -0.25) is 0 Å². The molecule has 0 aromatic heterocycles. The number of carbonyl (C=O) groups is 1. The lowest BCUT2D eigenvalue weighted by Gasteiger charge is -2.44. The summed E-state index contributed by atoms with van der Waals surface area (Å²) in [5.41, 5.74) is 2.93. The summed E-state index contributed by atoms with van der Waals surface area (Å²) in [6.45, 7) is 10.6. The highest BCUT2D eigenvalue weighted by atomic mass is 16.6. The van der Waals surface area contributed by atoms with E-state index >= 15 is 0 Å². The lowest BCUT2D eigenvalue weighted by Crippen LogP contribution is -2.36. The maximum atomic E-state index is 11.9. The van der Waals surface area contributed by atoms with Crippen LogP contribution in [0.1, 0.15) is 85.0 Å². The number of cyclic esters (lactones) is 1. The summed E-state index contributed by atoms with van der Waals surface area (Å²) < 4.78 is 5.48. The van der Waals surface area contributed by atoms with E-state index < -0.39 is 11.6 Å². The summed E-state index contributed by atoms with van der Waals surface area (Å²) in [7, 11) is 0. The second-order valence-electron chi connectivity index (χ2n) is 11.2. The fourth-order valence-corrected chi connectivity index (χ4v) is 7.17. The van der Waals surface area contributed by atoms with Crippen molar-refractivity contribution in [3.05, 3.63) is 35.5 Å². The standard InChI is InChI=1S/C27H40O4/c1-17-7-10-21(28)15-20(17)9-8-19-6-5-13-26(3)23(11-12-24(19)26)18(2)14-22-16-27(4,30)25(29)31-22/h8-9,18,21-24,28,30H,1,5-7,10-16H2,2-4H3/b19-8+,20-9-/t18-,21+,22?,23-,24+,26-,27?/m1/s1. The molecule has 2 N–H and O–H groups in total. The zero-order chi connectivity index (χ0) is 22.4. The highest BCUT2D eigenvalue weighted by Crippen LogP contribution is 2.60. The maximum absolute atomic E-state index is 11.9. The van der Waals surface area contributed by atoms with E-state index in [4.69, 9.17) is 4.74 Å². The zero-order valence-electron chi connectivity index (χ0n) is 19.5. The molecule has 4 nitrogen and oxygen atoms in total. The average molecular weight is 429 g/mol. The first-order chi connectivity index (χ1) is 14.6. The van der Waals surface area contributed by atoms with Gasteiger partial charge in [0.05, 0.1) is 6.10 Å². The van der Waals surface area contributed by atoms with Crippen LogP contribution < -0.4 is 0 Å². The fourth-order valence-electron chi connectivity index (χ4n) is 7.17. The quantitative estimate of drug-likeness (QED) is 0.600. The SMILES string of the molecule is C=C1CC[C@H](O)C/C1=C/C=C1\CCC[C@]2(C)[C@@H]([C@H](C)CC3CC(C)(O)C(=O)O3)CC[C@@H]12. The van der Waals surface area contributed by atoms with Crippen LogP contribution in [0, 0.1) is 23.2 Å². The Morgan fingerprint density at radius 1 is 1.23 bits per heavy atom. The van der Waals surface area contributed by atoms with Gasteiger partial charge in [-0.05, 0) is 93.5 Å². The average Bonchev–Trinajstić information content (AvgIpc) is 3.17. The summed E-state index contributed by atoms with van der Waals surface area (Å²) >= 11 is 0. The number of ether oxygens (including phenoxy) is 1. The Balaban J connectivity index is 1.46. The predicted octanol–water partition coefficient (Wildman–Crippen LogP) is 5.25. The number of rotatable bonds is 4. The van der Waals surface area contributed by atoms with Gasteiger partial charge in [0.2, 0.25) is 0 Å². The number of hydrogen-bond donors (Lipinski definition) is 2. The second kappa shape index (κ2) is 8.51. The molecule has 4 fully saturated rings. The number of aliphatic hydroxyl groups excluding tert-OH is 1. The minimum absolute atomic E-state index is 0.160.